The second-order valence-corrected chi connectivity index (χ2v) is 13.9. The summed E-state index contributed by atoms with van der Waals surface area (Å²) in [6.07, 6.45) is -0.319. The first kappa shape index (κ1) is 34.7. The van der Waals surface area contributed by atoms with Crippen LogP contribution in [0.2, 0.25) is 0 Å². The van der Waals surface area contributed by atoms with Crippen molar-refractivity contribution in [1.82, 2.24) is 9.80 Å². The van der Waals surface area contributed by atoms with Crippen LogP contribution in [0.15, 0.2) is 102 Å². The van der Waals surface area contributed by atoms with Crippen molar-refractivity contribution in [3.63, 3.8) is 0 Å². The van der Waals surface area contributed by atoms with Gasteiger partial charge < -0.3 is 24.2 Å². The molecule has 254 valence electrons. The molecule has 0 unspecified atom stereocenters. The minimum atomic E-state index is -3.90. The summed E-state index contributed by atoms with van der Waals surface area (Å²) >= 11 is 0. The van der Waals surface area contributed by atoms with Gasteiger partial charge in [-0.2, -0.15) is 0 Å². The Morgan fingerprint density at radius 1 is 0.979 bits per heavy atom. The highest BCUT2D eigenvalue weighted by atomic mass is 32.2. The molecular formula is C37H43N3O7S. The second kappa shape index (κ2) is 15.5. The molecule has 0 aliphatic carbocycles. The number of aliphatic hydroxyl groups excluding tert-OH is 1. The van der Waals surface area contributed by atoms with Crippen LogP contribution in [-0.4, -0.2) is 75.2 Å². The van der Waals surface area contributed by atoms with Gasteiger partial charge in [-0.3, -0.25) is 14.4 Å². The number of nitrogens with zero attached hydrogens (tertiary/aromatic N) is 2. The van der Waals surface area contributed by atoms with Crippen molar-refractivity contribution >= 4 is 21.6 Å². The number of carbonyl (C=O) groups is 1. The lowest BCUT2D eigenvalue weighted by molar-refractivity contribution is -0.134. The van der Waals surface area contributed by atoms with Gasteiger partial charge >= 0.3 is 0 Å². The second-order valence-electron chi connectivity index (χ2n) is 12.2. The molecule has 2 N–H and O–H groups in total. The maximum Gasteiger partial charge on any atom is 0.261 e. The standard InChI is InChI=1S/C37H43N3O7S/c1-26-22-40(27(2)25-41)37(42)21-29-20-30(38-48(43,44)34-17-15-31(45-4)16-18-34)12-19-35(29)47-36(26)24-39(3)23-28-10-13-33(14-11-28)46-32-8-6-5-7-9-32/h5-20,26-27,36,38,41H,21-25H2,1-4H3/t26-,27+,36+/m0/s1. The van der Waals surface area contributed by atoms with Crippen LogP contribution in [-0.2, 0) is 27.8 Å². The van der Waals surface area contributed by atoms with E-state index in [2.05, 4.69) is 9.62 Å². The summed E-state index contributed by atoms with van der Waals surface area (Å²) in [5.41, 5.74) is 1.97. The van der Waals surface area contributed by atoms with Crippen molar-refractivity contribution in [2.24, 2.45) is 5.92 Å². The Morgan fingerprint density at radius 3 is 2.31 bits per heavy atom. The van der Waals surface area contributed by atoms with Crippen LogP contribution >= 0.6 is 0 Å². The number of rotatable bonds is 12. The molecule has 48 heavy (non-hydrogen) atoms. The number of aliphatic hydroxyl groups is 1. The monoisotopic (exact) mass is 673 g/mol. The van der Waals surface area contributed by atoms with E-state index in [9.17, 15) is 18.3 Å². The molecule has 0 fully saturated rings. The Hall–Kier alpha value is -4.58. The number of likely N-dealkylation sites (N-methyl/N-ethyl adjacent to an activating group) is 1. The van der Waals surface area contributed by atoms with E-state index in [1.165, 1.54) is 19.2 Å². The number of hydrogen-bond donors (Lipinski definition) is 2. The maximum absolute atomic E-state index is 13.6. The van der Waals surface area contributed by atoms with Gasteiger partial charge in [-0.25, -0.2) is 8.42 Å². The number of carbonyl (C=O) groups excluding carboxylic acids is 1. The number of methoxy groups -OCH3 is 1. The van der Waals surface area contributed by atoms with Gasteiger partial charge in [0, 0.05) is 36.8 Å². The van der Waals surface area contributed by atoms with E-state index in [1.54, 1.807) is 35.2 Å². The predicted molar refractivity (Wildman–Crippen MR) is 185 cm³/mol. The molecular weight excluding hydrogens is 630 g/mol. The lowest BCUT2D eigenvalue weighted by atomic mass is 10.0. The molecule has 11 heteroatoms. The van der Waals surface area contributed by atoms with Crippen molar-refractivity contribution in [2.45, 2.75) is 43.9 Å². The third kappa shape index (κ3) is 8.85. The average molecular weight is 674 g/mol. The van der Waals surface area contributed by atoms with Crippen LogP contribution in [0.3, 0.4) is 0 Å². The fourth-order valence-corrected chi connectivity index (χ4v) is 6.70. The molecule has 0 aromatic heterocycles. The Kier molecular flexibility index (Phi) is 11.3. The quantitative estimate of drug-likeness (QED) is 0.201. The first-order chi connectivity index (χ1) is 23.0. The molecule has 0 saturated carbocycles. The maximum atomic E-state index is 13.6. The zero-order chi connectivity index (χ0) is 34.3. The predicted octanol–water partition coefficient (Wildman–Crippen LogP) is 5.57. The molecule has 0 spiro atoms. The molecule has 10 nitrogen and oxygen atoms in total. The molecule has 1 aliphatic rings. The summed E-state index contributed by atoms with van der Waals surface area (Å²) in [4.78, 5) is 17.6. The molecule has 1 aliphatic heterocycles. The van der Waals surface area contributed by atoms with Crippen molar-refractivity contribution in [1.29, 1.82) is 0 Å². The van der Waals surface area contributed by atoms with Gasteiger partial charge in [0.05, 0.1) is 31.1 Å². The highest BCUT2D eigenvalue weighted by molar-refractivity contribution is 7.92. The van der Waals surface area contributed by atoms with Crippen LogP contribution in [0.5, 0.6) is 23.0 Å². The zero-order valence-corrected chi connectivity index (χ0v) is 28.5. The molecule has 1 amide bonds. The van der Waals surface area contributed by atoms with E-state index < -0.39 is 16.1 Å². The normalized spacial score (nSPS) is 17.4. The van der Waals surface area contributed by atoms with E-state index in [0.29, 0.717) is 42.4 Å². The van der Waals surface area contributed by atoms with Crippen LogP contribution < -0.4 is 18.9 Å². The SMILES string of the molecule is COc1ccc(S(=O)(=O)Nc2ccc3c(c2)CC(=O)N([C@H](C)CO)C[C@H](C)[C@@H](CN(C)Cc2ccc(Oc4ccccc4)cc2)O3)cc1. The highest BCUT2D eigenvalue weighted by Crippen LogP contribution is 2.31. The Bertz CT molecular complexity index is 1770. The van der Waals surface area contributed by atoms with Crippen molar-refractivity contribution in [3.8, 4) is 23.0 Å². The van der Waals surface area contributed by atoms with Crippen molar-refractivity contribution in [2.75, 3.05) is 38.6 Å². The lowest BCUT2D eigenvalue weighted by Crippen LogP contribution is -2.47. The van der Waals surface area contributed by atoms with Gasteiger partial charge in [0.1, 0.15) is 29.1 Å². The van der Waals surface area contributed by atoms with Crippen LogP contribution in [0.1, 0.15) is 25.0 Å². The number of sulfonamides is 1. The Labute approximate surface area is 282 Å². The van der Waals surface area contributed by atoms with E-state index in [1.807, 2.05) is 75.5 Å². The number of benzene rings is 4. The van der Waals surface area contributed by atoms with Gasteiger partial charge in [-0.15, -0.1) is 0 Å². The van der Waals surface area contributed by atoms with Crippen molar-refractivity contribution < 1.29 is 32.5 Å². The summed E-state index contributed by atoms with van der Waals surface area (Å²) in [6.45, 7) is 5.30. The topological polar surface area (TPSA) is 118 Å². The molecule has 5 rings (SSSR count). The molecule has 3 atom stereocenters. The minimum Gasteiger partial charge on any atom is -0.497 e. The molecule has 0 saturated heterocycles. The minimum absolute atomic E-state index is 0.00947. The van der Waals surface area contributed by atoms with E-state index in [4.69, 9.17) is 14.2 Å². The first-order valence-electron chi connectivity index (χ1n) is 15.9. The van der Waals surface area contributed by atoms with Gasteiger partial charge in [-0.05, 0) is 86.3 Å². The number of ether oxygens (including phenoxy) is 3. The molecule has 0 radical (unpaired) electrons. The molecule has 0 bridgehead atoms. The molecule has 1 heterocycles. The number of fused-ring (bicyclic) bond motifs is 1. The summed E-state index contributed by atoms with van der Waals surface area (Å²) < 4.78 is 46.7. The average Bonchev–Trinajstić information content (AvgIpc) is 3.12. The Morgan fingerprint density at radius 2 is 1.65 bits per heavy atom. The fraction of sp³-hybridized carbons (Fsp3) is 0.324. The zero-order valence-electron chi connectivity index (χ0n) is 27.7. The molecule has 4 aromatic rings. The number of hydrogen-bond acceptors (Lipinski definition) is 8. The van der Waals surface area contributed by atoms with Gasteiger partial charge in [-0.1, -0.05) is 37.3 Å². The summed E-state index contributed by atoms with van der Waals surface area (Å²) in [5, 5.41) is 9.98. The van der Waals surface area contributed by atoms with Crippen molar-refractivity contribution in [3.05, 3.63) is 108 Å². The number of anilines is 1. The Balaban J connectivity index is 1.34. The lowest BCUT2D eigenvalue weighted by Gasteiger charge is -2.34. The van der Waals surface area contributed by atoms with Crippen LogP contribution in [0.4, 0.5) is 5.69 Å². The summed E-state index contributed by atoms with van der Waals surface area (Å²) in [5.74, 6) is 2.34. The number of nitrogens with one attached hydrogen (secondary N) is 1. The highest BCUT2D eigenvalue weighted by Gasteiger charge is 2.31. The summed E-state index contributed by atoms with van der Waals surface area (Å²) in [6, 6.07) is 28.3. The van der Waals surface area contributed by atoms with E-state index in [0.717, 1.165) is 17.1 Å². The van der Waals surface area contributed by atoms with Gasteiger partial charge in [0.15, 0.2) is 0 Å². The van der Waals surface area contributed by atoms with E-state index in [-0.39, 0.29) is 35.9 Å². The van der Waals surface area contributed by atoms with Gasteiger partial charge in [0.25, 0.3) is 10.0 Å². The first-order valence-corrected chi connectivity index (χ1v) is 17.4. The van der Waals surface area contributed by atoms with Gasteiger partial charge in [0.2, 0.25) is 5.91 Å². The largest absolute Gasteiger partial charge is 0.497 e. The number of amides is 1. The fourth-order valence-electron chi connectivity index (χ4n) is 5.65. The smallest absolute Gasteiger partial charge is 0.261 e. The summed E-state index contributed by atoms with van der Waals surface area (Å²) in [7, 11) is -0.369. The van der Waals surface area contributed by atoms with E-state index >= 15 is 0 Å². The van der Waals surface area contributed by atoms with Crippen LogP contribution in [0.25, 0.3) is 0 Å². The van der Waals surface area contributed by atoms with Crippen LogP contribution in [0, 0.1) is 5.92 Å². The molecule has 4 aromatic carbocycles. The third-order valence-corrected chi connectivity index (χ3v) is 9.78. The number of para-hydroxylation sites is 1. The third-order valence-electron chi connectivity index (χ3n) is 8.38.